The fourth-order valence-corrected chi connectivity index (χ4v) is 9.22. The van der Waals surface area contributed by atoms with Gasteiger partial charge in [0.1, 0.15) is 0 Å². The highest BCUT2D eigenvalue weighted by molar-refractivity contribution is 5.88. The lowest BCUT2D eigenvalue weighted by atomic mass is 9.73. The normalized spacial score (nSPS) is 18.7. The van der Waals surface area contributed by atoms with E-state index in [-0.39, 0.29) is 16.9 Å². The fraction of sp³-hybridized carbons (Fsp3) is 0.118. The molecule has 0 fully saturated rings. The van der Waals surface area contributed by atoms with Crippen molar-refractivity contribution in [3.8, 4) is 22.3 Å². The number of hydrogen-bond acceptors (Lipinski definition) is 3. The van der Waals surface area contributed by atoms with Gasteiger partial charge in [-0.3, -0.25) is 4.98 Å². The molecule has 2 unspecified atom stereocenters. The molecule has 2 heterocycles. The molecule has 0 saturated heterocycles. The van der Waals surface area contributed by atoms with E-state index in [0.717, 1.165) is 28.2 Å². The molecule has 0 amide bonds. The van der Waals surface area contributed by atoms with Gasteiger partial charge in [-0.1, -0.05) is 129 Å². The molecule has 0 spiro atoms. The summed E-state index contributed by atoms with van der Waals surface area (Å²) in [5, 5.41) is 0. The van der Waals surface area contributed by atoms with Gasteiger partial charge in [-0.25, -0.2) is 0 Å². The quantitative estimate of drug-likeness (QED) is 0.173. The minimum atomic E-state index is -0.175. The van der Waals surface area contributed by atoms with Crippen molar-refractivity contribution in [2.24, 2.45) is 0 Å². The molecule has 1 aliphatic heterocycles. The number of para-hydroxylation sites is 2. The third kappa shape index (κ3) is 4.99. The van der Waals surface area contributed by atoms with Gasteiger partial charge in [-0.15, -0.1) is 0 Å². The van der Waals surface area contributed by atoms with Crippen molar-refractivity contribution in [3.05, 3.63) is 211 Å². The van der Waals surface area contributed by atoms with Gasteiger partial charge in [0.25, 0.3) is 0 Å². The average Bonchev–Trinajstić information content (AvgIpc) is 3.62. The molecule has 3 nitrogen and oxygen atoms in total. The first kappa shape index (κ1) is 32.2. The van der Waals surface area contributed by atoms with Crippen molar-refractivity contribution in [2.75, 3.05) is 9.80 Å². The molecule has 10 rings (SSSR count). The predicted octanol–water partition coefficient (Wildman–Crippen LogP) is 13.0. The molecule has 0 radical (unpaired) electrons. The first-order valence-electron chi connectivity index (χ1n) is 18.9. The number of pyridine rings is 1. The molecule has 0 saturated carbocycles. The lowest BCUT2D eigenvalue weighted by Crippen LogP contribution is -2.39. The first-order valence-corrected chi connectivity index (χ1v) is 18.9. The summed E-state index contributed by atoms with van der Waals surface area (Å²) < 4.78 is 0. The molecule has 1 aromatic heterocycles. The van der Waals surface area contributed by atoms with Gasteiger partial charge in [0.05, 0.1) is 6.04 Å². The minimum absolute atomic E-state index is 0.0929. The Kier molecular flexibility index (Phi) is 7.35. The number of nitrogens with zero attached hydrogens (tertiary/aromatic N) is 3. The van der Waals surface area contributed by atoms with Crippen LogP contribution in [0.2, 0.25) is 0 Å². The summed E-state index contributed by atoms with van der Waals surface area (Å²) in [4.78, 5) is 9.24. The van der Waals surface area contributed by atoms with Gasteiger partial charge in [0.2, 0.25) is 0 Å². The van der Waals surface area contributed by atoms with E-state index >= 15 is 0 Å². The van der Waals surface area contributed by atoms with E-state index in [1.807, 2.05) is 18.5 Å². The highest BCUT2D eigenvalue weighted by Crippen LogP contribution is 2.53. The summed E-state index contributed by atoms with van der Waals surface area (Å²) in [6.45, 7) is 7.09. The molecule has 3 heteroatoms. The maximum atomic E-state index is 4.35. The van der Waals surface area contributed by atoms with Crippen molar-refractivity contribution < 1.29 is 0 Å². The maximum Gasteiger partial charge on any atom is 0.0655 e. The Morgan fingerprint density at radius 2 is 1.20 bits per heavy atom. The molecule has 54 heavy (non-hydrogen) atoms. The Balaban J connectivity index is 1.04. The number of hydrogen-bond donors (Lipinski definition) is 0. The zero-order chi connectivity index (χ0) is 36.4. The monoisotopic (exact) mass is 695 g/mol. The Morgan fingerprint density at radius 3 is 1.94 bits per heavy atom. The number of anilines is 5. The van der Waals surface area contributed by atoms with Crippen molar-refractivity contribution >= 4 is 34.0 Å². The van der Waals surface area contributed by atoms with Crippen molar-refractivity contribution in [1.29, 1.82) is 0 Å². The van der Waals surface area contributed by atoms with Gasteiger partial charge >= 0.3 is 0 Å². The van der Waals surface area contributed by atoms with Crippen LogP contribution in [-0.4, -0.2) is 11.0 Å². The predicted molar refractivity (Wildman–Crippen MR) is 225 cm³/mol. The largest absolute Gasteiger partial charge is 0.333 e. The van der Waals surface area contributed by atoms with Gasteiger partial charge in [-0.2, -0.15) is 0 Å². The smallest absolute Gasteiger partial charge is 0.0655 e. The molecule has 7 aromatic rings. The van der Waals surface area contributed by atoms with E-state index < -0.39 is 0 Å². The van der Waals surface area contributed by atoms with E-state index in [1.54, 1.807) is 0 Å². The molecule has 2 atom stereocenters. The van der Waals surface area contributed by atoms with Crippen molar-refractivity contribution in [2.45, 2.75) is 37.6 Å². The van der Waals surface area contributed by atoms with Crippen LogP contribution in [0.3, 0.4) is 0 Å². The SMILES string of the molecule is CC1(C)c2ccccc2-c2ccc(N(c3ccc(C4=CC5(C)c6ccccc6N(c6ccccc6)C5C=C4)cc3)c3ccc(-c4cccnc4)cc3)cc21. The lowest BCUT2D eigenvalue weighted by Gasteiger charge is -2.36. The molecular formula is C51H41N3. The topological polar surface area (TPSA) is 19.4 Å². The zero-order valence-electron chi connectivity index (χ0n) is 30.8. The van der Waals surface area contributed by atoms with Crippen LogP contribution in [0.5, 0.6) is 0 Å². The summed E-state index contributed by atoms with van der Waals surface area (Å²) in [6, 6.07) is 57.8. The second-order valence-electron chi connectivity index (χ2n) is 15.5. The van der Waals surface area contributed by atoms with E-state index in [2.05, 4.69) is 205 Å². The van der Waals surface area contributed by atoms with Crippen LogP contribution in [0.25, 0.3) is 27.8 Å². The Morgan fingerprint density at radius 1 is 0.556 bits per heavy atom. The summed E-state index contributed by atoms with van der Waals surface area (Å²) in [5.74, 6) is 0. The summed E-state index contributed by atoms with van der Waals surface area (Å²) in [5.41, 5.74) is 17.1. The standard InChI is InChI=1S/C51H41N3/c1-50(2)45-16-8-7-15-43(45)44-29-28-42(32-47(44)50)53(41-26-21-36(22-27-41)38-12-11-31-52-34-38)40-24-19-35(20-25-40)37-23-30-49-51(3,33-37)46-17-9-10-18-48(46)54(49)39-13-5-4-6-14-39/h4-34,49H,1-3H3. The van der Waals surface area contributed by atoms with E-state index in [0.29, 0.717) is 0 Å². The third-order valence-corrected chi connectivity index (χ3v) is 12.0. The molecule has 3 aliphatic rings. The third-order valence-electron chi connectivity index (χ3n) is 12.0. The second kappa shape index (κ2) is 12.3. The number of rotatable bonds is 6. The fourth-order valence-electron chi connectivity index (χ4n) is 9.22. The van der Waals surface area contributed by atoms with Crippen LogP contribution in [-0.2, 0) is 10.8 Å². The van der Waals surface area contributed by atoms with E-state index in [9.17, 15) is 0 Å². The van der Waals surface area contributed by atoms with Crippen LogP contribution in [0.4, 0.5) is 28.4 Å². The molecule has 6 aromatic carbocycles. The van der Waals surface area contributed by atoms with Gasteiger partial charge in [0, 0.05) is 51.7 Å². The average molecular weight is 696 g/mol. The Labute approximate surface area is 318 Å². The minimum Gasteiger partial charge on any atom is -0.333 e. The van der Waals surface area contributed by atoms with E-state index in [4.69, 9.17) is 0 Å². The number of fused-ring (bicyclic) bond motifs is 6. The molecule has 2 aliphatic carbocycles. The summed E-state index contributed by atoms with van der Waals surface area (Å²) in [7, 11) is 0. The van der Waals surface area contributed by atoms with Crippen molar-refractivity contribution in [3.63, 3.8) is 0 Å². The zero-order valence-corrected chi connectivity index (χ0v) is 30.8. The first-order chi connectivity index (χ1) is 26.4. The van der Waals surface area contributed by atoms with E-state index in [1.165, 1.54) is 50.3 Å². The molecular weight excluding hydrogens is 655 g/mol. The van der Waals surface area contributed by atoms with Crippen LogP contribution in [0.15, 0.2) is 188 Å². The van der Waals surface area contributed by atoms with Crippen LogP contribution in [0, 0.1) is 0 Å². The Bertz CT molecular complexity index is 2580. The maximum absolute atomic E-state index is 4.35. The van der Waals surface area contributed by atoms with Crippen LogP contribution < -0.4 is 9.80 Å². The molecule has 260 valence electrons. The number of allylic oxidation sites excluding steroid dienone is 2. The molecule has 0 bridgehead atoms. The van der Waals surface area contributed by atoms with Crippen LogP contribution in [0.1, 0.15) is 43.0 Å². The van der Waals surface area contributed by atoms with Crippen LogP contribution >= 0.6 is 0 Å². The van der Waals surface area contributed by atoms with Gasteiger partial charge in [0.15, 0.2) is 0 Å². The summed E-state index contributed by atoms with van der Waals surface area (Å²) in [6.07, 6.45) is 10.9. The number of aromatic nitrogens is 1. The van der Waals surface area contributed by atoms with Crippen molar-refractivity contribution in [1.82, 2.24) is 4.98 Å². The highest BCUT2D eigenvalue weighted by Gasteiger charge is 2.47. The van der Waals surface area contributed by atoms with Gasteiger partial charge < -0.3 is 9.80 Å². The number of benzene rings is 6. The van der Waals surface area contributed by atoms with Gasteiger partial charge in [-0.05, 0) is 118 Å². The highest BCUT2D eigenvalue weighted by atomic mass is 15.2. The summed E-state index contributed by atoms with van der Waals surface area (Å²) >= 11 is 0. The second-order valence-corrected chi connectivity index (χ2v) is 15.5. The molecule has 0 N–H and O–H groups in total. The Hall–Kier alpha value is -6.45. The lowest BCUT2D eigenvalue weighted by molar-refractivity contribution is 0.553.